The molecule has 13 heteroatoms. The van der Waals surface area contributed by atoms with Crippen molar-refractivity contribution in [1.29, 1.82) is 0 Å². The summed E-state index contributed by atoms with van der Waals surface area (Å²) in [5, 5.41) is 12.1. The first kappa shape index (κ1) is 25.6. The monoisotopic (exact) mass is 526 g/mol. The molecule has 190 valence electrons. The summed E-state index contributed by atoms with van der Waals surface area (Å²) in [7, 11) is 1.08. The molecule has 0 bridgehead atoms. The zero-order chi connectivity index (χ0) is 26.2. The van der Waals surface area contributed by atoms with Gasteiger partial charge in [-0.05, 0) is 24.3 Å². The van der Waals surface area contributed by atoms with Crippen LogP contribution in [0.3, 0.4) is 0 Å². The van der Waals surface area contributed by atoms with Gasteiger partial charge < -0.3 is 15.2 Å². The predicted octanol–water partition coefficient (Wildman–Crippen LogP) is 3.33. The van der Waals surface area contributed by atoms with Gasteiger partial charge in [-0.15, -0.1) is 0 Å². The van der Waals surface area contributed by atoms with Crippen molar-refractivity contribution in [1.82, 2.24) is 15.2 Å². The van der Waals surface area contributed by atoms with Crippen LogP contribution in [0.5, 0.6) is 0 Å². The second-order valence-electron chi connectivity index (χ2n) is 8.21. The van der Waals surface area contributed by atoms with Crippen LogP contribution in [0.4, 0.5) is 17.6 Å². The number of hydrogen-bond donors (Lipinski definition) is 2. The average molecular weight is 527 g/mol. The zero-order valence-electron chi connectivity index (χ0n) is 18.6. The lowest BCUT2D eigenvalue weighted by molar-refractivity contribution is -0.142. The number of esters is 1. The minimum atomic E-state index is -3.28. The molecular formula is C23H19ClF4N4O4. The maximum Gasteiger partial charge on any atom is 0.338 e. The fraction of sp³-hybridized carbons (Fsp3) is 0.304. The van der Waals surface area contributed by atoms with Crippen LogP contribution in [0, 0.1) is 11.6 Å². The number of aromatic nitrogens is 1. The Bertz CT molecular complexity index is 1290. The van der Waals surface area contributed by atoms with Crippen LogP contribution >= 0.6 is 11.6 Å². The molecule has 4 rings (SSSR count). The van der Waals surface area contributed by atoms with Gasteiger partial charge in [0.25, 0.3) is 5.92 Å². The average Bonchev–Trinajstić information content (AvgIpc) is 3.12. The molecule has 1 saturated heterocycles. The Morgan fingerprint density at radius 3 is 2.69 bits per heavy atom. The van der Waals surface area contributed by atoms with Crippen molar-refractivity contribution in [2.75, 3.05) is 20.2 Å². The lowest BCUT2D eigenvalue weighted by Gasteiger charge is -2.30. The van der Waals surface area contributed by atoms with E-state index < -0.39 is 61.1 Å². The molecule has 3 heterocycles. The van der Waals surface area contributed by atoms with Gasteiger partial charge in [0.1, 0.15) is 23.6 Å². The van der Waals surface area contributed by atoms with E-state index >= 15 is 0 Å². The number of methoxy groups -OCH3 is 1. The second kappa shape index (κ2) is 9.86. The number of pyridine rings is 1. The summed E-state index contributed by atoms with van der Waals surface area (Å²) in [6.07, 6.45) is 0.370. The van der Waals surface area contributed by atoms with E-state index in [1.807, 2.05) is 0 Å². The van der Waals surface area contributed by atoms with Crippen molar-refractivity contribution in [3.8, 4) is 0 Å². The summed E-state index contributed by atoms with van der Waals surface area (Å²) >= 11 is 6.24. The van der Waals surface area contributed by atoms with Gasteiger partial charge in [0.05, 0.1) is 19.2 Å². The highest BCUT2D eigenvalue weighted by Gasteiger charge is 2.49. The van der Waals surface area contributed by atoms with Gasteiger partial charge in [0, 0.05) is 35.4 Å². The Morgan fingerprint density at radius 2 is 2.06 bits per heavy atom. The smallest absolute Gasteiger partial charge is 0.338 e. The molecule has 36 heavy (non-hydrogen) atoms. The molecule has 0 saturated carbocycles. The number of carboxylic acids is 1. The third-order valence-corrected chi connectivity index (χ3v) is 6.11. The molecule has 1 fully saturated rings. The number of halogens is 5. The van der Waals surface area contributed by atoms with Crippen LogP contribution in [-0.2, 0) is 14.3 Å². The topological polar surface area (TPSA) is 104 Å². The van der Waals surface area contributed by atoms with Gasteiger partial charge in [-0.25, -0.2) is 27.3 Å². The minimum absolute atomic E-state index is 0.0637. The number of carboxylic acid groups (broad SMARTS) is 1. The van der Waals surface area contributed by atoms with Gasteiger partial charge in [-0.3, -0.25) is 14.7 Å². The number of carbonyl (C=O) groups is 2. The molecule has 2 aliphatic rings. The first-order chi connectivity index (χ1) is 17.0. The van der Waals surface area contributed by atoms with Crippen molar-refractivity contribution in [3.05, 3.63) is 75.7 Å². The Hall–Kier alpha value is -3.51. The number of aliphatic carboxylic acids is 1. The fourth-order valence-electron chi connectivity index (χ4n) is 4.20. The minimum Gasteiger partial charge on any atom is -0.480 e. The Morgan fingerprint density at radius 1 is 1.31 bits per heavy atom. The summed E-state index contributed by atoms with van der Waals surface area (Å²) in [5.41, 5.74) is -0.353. The van der Waals surface area contributed by atoms with E-state index in [2.05, 4.69) is 15.3 Å². The number of nitrogens with zero attached hydrogens (tertiary/aromatic N) is 3. The highest BCUT2D eigenvalue weighted by molar-refractivity contribution is 6.31. The molecule has 2 N–H and O–H groups in total. The first-order valence-electron chi connectivity index (χ1n) is 10.6. The molecule has 0 amide bonds. The predicted molar refractivity (Wildman–Crippen MR) is 120 cm³/mol. The number of likely N-dealkylation sites (tertiary alicyclic amines) is 1. The number of ether oxygens (including phenoxy) is 1. The number of nitrogens with one attached hydrogen (secondary N) is 1. The lowest BCUT2D eigenvalue weighted by Crippen LogP contribution is -2.43. The van der Waals surface area contributed by atoms with Crippen LogP contribution in [-0.4, -0.2) is 64.9 Å². The van der Waals surface area contributed by atoms with Crippen molar-refractivity contribution in [2.45, 2.75) is 24.4 Å². The number of aliphatic imine (C=N–C) groups is 1. The number of amidine groups is 1. The maximum atomic E-state index is 14.6. The summed E-state index contributed by atoms with van der Waals surface area (Å²) in [4.78, 5) is 33.9. The van der Waals surface area contributed by atoms with Crippen LogP contribution in [0.25, 0.3) is 0 Å². The van der Waals surface area contributed by atoms with Crippen molar-refractivity contribution < 1.29 is 37.0 Å². The molecular weight excluding hydrogens is 508 g/mol. The highest BCUT2D eigenvalue weighted by atomic mass is 35.5. The molecule has 0 spiro atoms. The third-order valence-electron chi connectivity index (χ3n) is 5.78. The quantitative estimate of drug-likeness (QED) is 0.439. The summed E-state index contributed by atoms with van der Waals surface area (Å²) in [6, 6.07) is 2.99. The zero-order valence-corrected chi connectivity index (χ0v) is 19.4. The van der Waals surface area contributed by atoms with Crippen LogP contribution < -0.4 is 5.32 Å². The molecule has 0 unspecified atom stereocenters. The van der Waals surface area contributed by atoms with E-state index in [0.717, 1.165) is 30.2 Å². The first-order valence-corrected chi connectivity index (χ1v) is 10.9. The molecule has 8 nitrogen and oxygen atoms in total. The van der Waals surface area contributed by atoms with Gasteiger partial charge in [-0.1, -0.05) is 17.7 Å². The van der Waals surface area contributed by atoms with Gasteiger partial charge in [0.2, 0.25) is 0 Å². The number of alkyl halides is 2. The normalized spacial score (nSPS) is 21.7. The molecule has 1 aromatic heterocycles. The highest BCUT2D eigenvalue weighted by Crippen LogP contribution is 2.38. The standard InChI is InChI=1S/C23H19ClF4N4O4/c1-36-22(35)17-15(9-32-10-23(27,28)8-16(32)21(33)34)30-20(19-14(26)3-2-6-29-19)31-18(17)12-5-4-11(25)7-13(12)24/h2-7,16,18H,8-10H2,1H3,(H,30,31)(H,33,34)/t16-,18-/m0/s1. The number of hydrogen-bond acceptors (Lipinski definition) is 7. The maximum absolute atomic E-state index is 14.6. The number of benzene rings is 1. The van der Waals surface area contributed by atoms with E-state index in [9.17, 15) is 32.3 Å². The van der Waals surface area contributed by atoms with E-state index in [1.54, 1.807) is 0 Å². The molecule has 2 atom stereocenters. The Kier molecular flexibility index (Phi) is 7.01. The Balaban J connectivity index is 1.88. The van der Waals surface area contributed by atoms with E-state index in [1.165, 1.54) is 18.3 Å². The Labute approximate surface area is 207 Å². The lowest BCUT2D eigenvalue weighted by atomic mass is 9.94. The largest absolute Gasteiger partial charge is 0.480 e. The number of carbonyl (C=O) groups excluding carboxylic acids is 1. The van der Waals surface area contributed by atoms with Crippen molar-refractivity contribution in [2.24, 2.45) is 4.99 Å². The van der Waals surface area contributed by atoms with Gasteiger partial charge >= 0.3 is 11.9 Å². The van der Waals surface area contributed by atoms with E-state index in [0.29, 0.717) is 0 Å². The molecule has 2 aromatic rings. The fourth-order valence-corrected chi connectivity index (χ4v) is 4.47. The molecule has 0 aliphatic carbocycles. The van der Waals surface area contributed by atoms with E-state index in [-0.39, 0.29) is 33.4 Å². The van der Waals surface area contributed by atoms with E-state index in [4.69, 9.17) is 16.3 Å². The van der Waals surface area contributed by atoms with Crippen LogP contribution in [0.15, 0.2) is 52.8 Å². The van der Waals surface area contributed by atoms with Crippen LogP contribution in [0.2, 0.25) is 5.02 Å². The molecule has 1 aromatic carbocycles. The van der Waals surface area contributed by atoms with Gasteiger partial charge in [-0.2, -0.15) is 0 Å². The second-order valence-corrected chi connectivity index (χ2v) is 8.62. The van der Waals surface area contributed by atoms with Crippen molar-refractivity contribution in [3.63, 3.8) is 0 Å². The molecule has 2 aliphatic heterocycles. The summed E-state index contributed by atoms with van der Waals surface area (Å²) in [5.74, 6) is -7.28. The molecule has 0 radical (unpaired) electrons. The summed E-state index contributed by atoms with van der Waals surface area (Å²) < 4.78 is 61.5. The SMILES string of the molecule is COC(=O)C1=C(CN2CC(F)(F)C[C@H]2C(=O)O)NC(c2ncccc2F)=N[C@H]1c1ccc(F)cc1Cl. The van der Waals surface area contributed by atoms with Gasteiger partial charge in [0.15, 0.2) is 11.7 Å². The number of rotatable bonds is 6. The van der Waals surface area contributed by atoms with Crippen LogP contribution in [0.1, 0.15) is 23.7 Å². The summed E-state index contributed by atoms with van der Waals surface area (Å²) in [6.45, 7) is -1.37. The van der Waals surface area contributed by atoms with Crippen molar-refractivity contribution >= 4 is 29.4 Å². The third kappa shape index (κ3) is 5.05.